The number of nitrogens with one attached hydrogen (secondary N) is 1. The van der Waals surface area contributed by atoms with Crippen LogP contribution in [0.5, 0.6) is 0 Å². The standard InChI is InChI=1S/C11H18ClNOS2/c1-4-9(10-5-6-11(12)15-10)13-7-8(2)16(3)14/h5-6,8-9,13H,4,7H2,1-3H3. The van der Waals surface area contributed by atoms with Crippen LogP contribution in [0.2, 0.25) is 4.34 Å². The van der Waals surface area contributed by atoms with Crippen molar-refractivity contribution in [3.63, 3.8) is 0 Å². The van der Waals surface area contributed by atoms with E-state index in [1.807, 2.05) is 13.0 Å². The second kappa shape index (κ2) is 6.74. The minimum atomic E-state index is -0.765. The van der Waals surface area contributed by atoms with Crippen LogP contribution < -0.4 is 5.32 Å². The fraction of sp³-hybridized carbons (Fsp3) is 0.636. The molecule has 1 heterocycles. The van der Waals surface area contributed by atoms with Crippen molar-refractivity contribution in [3.05, 3.63) is 21.3 Å². The molecule has 1 aromatic rings. The summed E-state index contributed by atoms with van der Waals surface area (Å²) in [4.78, 5) is 1.25. The first-order valence-corrected chi connectivity index (χ1v) is 8.17. The van der Waals surface area contributed by atoms with Gasteiger partial charge in [0.2, 0.25) is 0 Å². The molecule has 0 saturated carbocycles. The molecule has 2 nitrogen and oxygen atoms in total. The third-order valence-electron chi connectivity index (χ3n) is 2.56. The van der Waals surface area contributed by atoms with Crippen molar-refractivity contribution in [2.24, 2.45) is 0 Å². The van der Waals surface area contributed by atoms with Crippen LogP contribution in [-0.4, -0.2) is 22.3 Å². The lowest BCUT2D eigenvalue weighted by Crippen LogP contribution is -2.30. The van der Waals surface area contributed by atoms with E-state index in [-0.39, 0.29) is 5.25 Å². The Morgan fingerprint density at radius 3 is 2.69 bits per heavy atom. The summed E-state index contributed by atoms with van der Waals surface area (Å²) in [5, 5.41) is 3.62. The number of rotatable bonds is 6. The Morgan fingerprint density at radius 1 is 1.56 bits per heavy atom. The Morgan fingerprint density at radius 2 is 2.25 bits per heavy atom. The summed E-state index contributed by atoms with van der Waals surface area (Å²) >= 11 is 7.52. The van der Waals surface area contributed by atoms with Gasteiger partial charge in [0.1, 0.15) is 0 Å². The Balaban J connectivity index is 2.53. The summed E-state index contributed by atoms with van der Waals surface area (Å²) in [6, 6.07) is 4.30. The molecule has 1 aromatic heterocycles. The van der Waals surface area contributed by atoms with Gasteiger partial charge in [0, 0.05) is 39.8 Å². The van der Waals surface area contributed by atoms with E-state index in [9.17, 15) is 4.21 Å². The first kappa shape index (κ1) is 14.2. The number of halogens is 1. The lowest BCUT2D eigenvalue weighted by molar-refractivity contribution is 0.526. The van der Waals surface area contributed by atoms with Crippen LogP contribution in [0.25, 0.3) is 0 Å². The van der Waals surface area contributed by atoms with Gasteiger partial charge in [0.15, 0.2) is 0 Å². The van der Waals surface area contributed by atoms with E-state index in [4.69, 9.17) is 11.6 Å². The molecule has 0 radical (unpaired) electrons. The lowest BCUT2D eigenvalue weighted by atomic mass is 10.2. The van der Waals surface area contributed by atoms with Gasteiger partial charge in [-0.2, -0.15) is 0 Å². The van der Waals surface area contributed by atoms with Gasteiger partial charge in [-0.25, -0.2) is 0 Å². The maximum atomic E-state index is 11.2. The zero-order chi connectivity index (χ0) is 12.1. The average Bonchev–Trinajstić information content (AvgIpc) is 2.65. The maximum Gasteiger partial charge on any atom is 0.0931 e. The number of hydrogen-bond acceptors (Lipinski definition) is 3. The number of thiophene rings is 1. The predicted octanol–water partition coefficient (Wildman–Crippen LogP) is 3.21. The van der Waals surface area contributed by atoms with Crippen molar-refractivity contribution in [1.82, 2.24) is 5.32 Å². The summed E-state index contributed by atoms with van der Waals surface area (Å²) in [6.45, 7) is 4.91. The largest absolute Gasteiger partial charge is 0.308 e. The molecule has 16 heavy (non-hydrogen) atoms. The van der Waals surface area contributed by atoms with Crippen LogP contribution in [0.4, 0.5) is 0 Å². The van der Waals surface area contributed by atoms with Crippen molar-refractivity contribution >= 4 is 33.7 Å². The van der Waals surface area contributed by atoms with Gasteiger partial charge in [-0.05, 0) is 25.5 Å². The van der Waals surface area contributed by atoms with Gasteiger partial charge < -0.3 is 5.32 Å². The molecule has 0 amide bonds. The highest BCUT2D eigenvalue weighted by molar-refractivity contribution is 7.84. The quantitative estimate of drug-likeness (QED) is 0.866. The second-order valence-electron chi connectivity index (χ2n) is 3.82. The number of hydrogen-bond donors (Lipinski definition) is 1. The van der Waals surface area contributed by atoms with Gasteiger partial charge in [-0.3, -0.25) is 4.21 Å². The molecule has 3 unspecified atom stereocenters. The highest BCUT2D eigenvalue weighted by atomic mass is 35.5. The van der Waals surface area contributed by atoms with Gasteiger partial charge >= 0.3 is 0 Å². The van der Waals surface area contributed by atoms with Crippen LogP contribution in [0.15, 0.2) is 12.1 Å². The smallest absolute Gasteiger partial charge is 0.0931 e. The van der Waals surface area contributed by atoms with Gasteiger partial charge in [0.25, 0.3) is 0 Å². The molecule has 92 valence electrons. The van der Waals surface area contributed by atoms with Crippen molar-refractivity contribution in [1.29, 1.82) is 0 Å². The normalized spacial score (nSPS) is 17.0. The molecule has 0 aliphatic heterocycles. The van der Waals surface area contributed by atoms with Crippen molar-refractivity contribution in [3.8, 4) is 0 Å². The molecule has 0 aliphatic rings. The Kier molecular flexibility index (Phi) is 5.97. The van der Waals surface area contributed by atoms with E-state index < -0.39 is 10.8 Å². The minimum Gasteiger partial charge on any atom is -0.308 e. The maximum absolute atomic E-state index is 11.2. The van der Waals surface area contributed by atoms with Gasteiger partial charge in [-0.1, -0.05) is 18.5 Å². The predicted molar refractivity (Wildman–Crippen MR) is 73.9 cm³/mol. The van der Waals surface area contributed by atoms with E-state index in [1.165, 1.54) is 4.88 Å². The first-order chi connectivity index (χ1) is 7.54. The summed E-state index contributed by atoms with van der Waals surface area (Å²) in [5.41, 5.74) is 0. The molecule has 0 aromatic carbocycles. The van der Waals surface area contributed by atoms with E-state index >= 15 is 0 Å². The van der Waals surface area contributed by atoms with E-state index in [1.54, 1.807) is 17.6 Å². The molecule has 1 N–H and O–H groups in total. The Labute approximate surface area is 109 Å². The monoisotopic (exact) mass is 279 g/mol. The minimum absolute atomic E-state index is 0.185. The Bertz CT molecular complexity index is 354. The zero-order valence-corrected chi connectivity index (χ0v) is 12.2. The van der Waals surface area contributed by atoms with Gasteiger partial charge in [-0.15, -0.1) is 11.3 Å². The highest BCUT2D eigenvalue weighted by Gasteiger charge is 2.13. The summed E-state index contributed by atoms with van der Waals surface area (Å²) in [6.07, 6.45) is 2.76. The van der Waals surface area contributed by atoms with Crippen LogP contribution >= 0.6 is 22.9 Å². The fourth-order valence-corrected chi connectivity index (χ4v) is 2.94. The first-order valence-electron chi connectivity index (χ1n) is 5.35. The summed E-state index contributed by atoms with van der Waals surface area (Å²) in [5.74, 6) is 0. The molecule has 3 atom stereocenters. The molecule has 0 saturated heterocycles. The Hall–Kier alpha value is 0.1000. The van der Waals surface area contributed by atoms with Gasteiger partial charge in [0.05, 0.1) is 4.34 Å². The van der Waals surface area contributed by atoms with Crippen LogP contribution in [-0.2, 0) is 10.8 Å². The summed E-state index contributed by atoms with van der Waals surface area (Å²) in [7, 11) is -0.765. The third-order valence-corrected chi connectivity index (χ3v) is 5.21. The summed E-state index contributed by atoms with van der Waals surface area (Å²) < 4.78 is 12.1. The topological polar surface area (TPSA) is 29.1 Å². The van der Waals surface area contributed by atoms with Crippen molar-refractivity contribution < 1.29 is 4.21 Å². The fourth-order valence-electron chi connectivity index (χ4n) is 1.39. The van der Waals surface area contributed by atoms with E-state index in [2.05, 4.69) is 18.3 Å². The van der Waals surface area contributed by atoms with Crippen LogP contribution in [0.3, 0.4) is 0 Å². The van der Waals surface area contributed by atoms with Crippen LogP contribution in [0.1, 0.15) is 31.2 Å². The molecule has 0 spiro atoms. The molecular weight excluding hydrogens is 262 g/mol. The SMILES string of the molecule is CCC(NCC(C)S(C)=O)c1ccc(Cl)s1. The molecule has 0 aliphatic carbocycles. The van der Waals surface area contributed by atoms with Crippen molar-refractivity contribution in [2.45, 2.75) is 31.6 Å². The third kappa shape index (κ3) is 4.17. The van der Waals surface area contributed by atoms with Crippen molar-refractivity contribution in [2.75, 3.05) is 12.8 Å². The lowest BCUT2D eigenvalue weighted by Gasteiger charge is -2.17. The molecule has 0 bridgehead atoms. The highest BCUT2D eigenvalue weighted by Crippen LogP contribution is 2.28. The van der Waals surface area contributed by atoms with E-state index in [0.29, 0.717) is 6.04 Å². The zero-order valence-electron chi connectivity index (χ0n) is 9.83. The molecule has 0 fully saturated rings. The van der Waals surface area contributed by atoms with E-state index in [0.717, 1.165) is 17.3 Å². The molecule has 5 heteroatoms. The second-order valence-corrected chi connectivity index (χ2v) is 7.37. The molecule has 1 rings (SSSR count). The van der Waals surface area contributed by atoms with Crippen LogP contribution in [0, 0.1) is 0 Å². The average molecular weight is 280 g/mol. The molecular formula is C11H18ClNOS2.